The predicted molar refractivity (Wildman–Crippen MR) is 90.9 cm³/mol. The monoisotopic (exact) mass is 378 g/mol. The highest BCUT2D eigenvalue weighted by atomic mass is 19.3. The van der Waals surface area contributed by atoms with Gasteiger partial charge in [-0.2, -0.15) is 0 Å². The molecule has 1 unspecified atom stereocenters. The molecule has 4 rings (SSSR count). The van der Waals surface area contributed by atoms with E-state index >= 15 is 0 Å². The van der Waals surface area contributed by atoms with Crippen LogP contribution in [0.5, 0.6) is 0 Å². The number of hydrogen-bond acceptors (Lipinski definition) is 5. The average Bonchev–Trinajstić information content (AvgIpc) is 3.13. The van der Waals surface area contributed by atoms with E-state index in [0.29, 0.717) is 5.56 Å². The minimum absolute atomic E-state index is 0.184. The van der Waals surface area contributed by atoms with Gasteiger partial charge in [-0.05, 0) is 23.6 Å². The fraction of sp³-hybridized carbons (Fsp3) is 0.500. The summed E-state index contributed by atoms with van der Waals surface area (Å²) in [6.45, 7) is 0.280. The highest BCUT2D eigenvalue weighted by Crippen LogP contribution is 2.30. The third kappa shape index (κ3) is 3.21. The summed E-state index contributed by atoms with van der Waals surface area (Å²) in [7, 11) is 0. The zero-order valence-electron chi connectivity index (χ0n) is 14.6. The molecular formula is C18H20F2N4O3. The van der Waals surface area contributed by atoms with Crippen LogP contribution in [0, 0.1) is 0 Å². The lowest BCUT2D eigenvalue weighted by atomic mass is 10.0. The number of hydrogen-bond donors (Lipinski definition) is 3. The van der Waals surface area contributed by atoms with E-state index in [4.69, 9.17) is 0 Å². The van der Waals surface area contributed by atoms with Crippen molar-refractivity contribution in [3.05, 3.63) is 34.9 Å². The van der Waals surface area contributed by atoms with Gasteiger partial charge in [0.2, 0.25) is 11.8 Å². The average molecular weight is 378 g/mol. The van der Waals surface area contributed by atoms with E-state index in [1.165, 1.54) is 4.90 Å². The van der Waals surface area contributed by atoms with Crippen LogP contribution in [0.4, 0.5) is 8.78 Å². The first-order valence-corrected chi connectivity index (χ1v) is 8.94. The van der Waals surface area contributed by atoms with E-state index in [0.717, 1.165) is 11.1 Å². The molecule has 1 aromatic rings. The quantitative estimate of drug-likeness (QED) is 0.649. The van der Waals surface area contributed by atoms with Crippen molar-refractivity contribution in [3.63, 3.8) is 0 Å². The van der Waals surface area contributed by atoms with Gasteiger partial charge >= 0.3 is 0 Å². The van der Waals surface area contributed by atoms with Crippen LogP contribution >= 0.6 is 0 Å². The summed E-state index contributed by atoms with van der Waals surface area (Å²) in [5, 5.41) is 7.81. The number of alkyl halides is 2. The van der Waals surface area contributed by atoms with Gasteiger partial charge in [-0.3, -0.25) is 19.7 Å². The number of carbonyl (C=O) groups is 3. The van der Waals surface area contributed by atoms with Gasteiger partial charge in [0.15, 0.2) is 0 Å². The van der Waals surface area contributed by atoms with Gasteiger partial charge in [-0.25, -0.2) is 8.78 Å². The SMILES string of the molecule is O=C1CCC(N2Cc3c(CN[C@@H]4CNCC4(F)F)cccc3C2=O)C(=O)N1. The molecule has 144 valence electrons. The number of halogens is 2. The first-order valence-electron chi connectivity index (χ1n) is 8.94. The fourth-order valence-electron chi connectivity index (χ4n) is 3.93. The Morgan fingerprint density at radius 1 is 1.26 bits per heavy atom. The van der Waals surface area contributed by atoms with Crippen molar-refractivity contribution in [2.24, 2.45) is 0 Å². The van der Waals surface area contributed by atoms with Gasteiger partial charge in [0.1, 0.15) is 6.04 Å². The summed E-state index contributed by atoms with van der Waals surface area (Å²) in [5.41, 5.74) is 1.99. The maximum absolute atomic E-state index is 13.8. The van der Waals surface area contributed by atoms with Crippen molar-refractivity contribution >= 4 is 17.7 Å². The highest BCUT2D eigenvalue weighted by Gasteiger charge is 2.44. The van der Waals surface area contributed by atoms with Crippen LogP contribution in [0.3, 0.4) is 0 Å². The molecule has 1 aromatic carbocycles. The summed E-state index contributed by atoms with van der Waals surface area (Å²) in [4.78, 5) is 37.7. The zero-order chi connectivity index (χ0) is 19.2. The molecule has 3 heterocycles. The molecule has 0 aliphatic carbocycles. The van der Waals surface area contributed by atoms with Crippen molar-refractivity contribution in [2.45, 2.75) is 43.9 Å². The number of rotatable bonds is 4. The van der Waals surface area contributed by atoms with E-state index in [1.54, 1.807) is 18.2 Å². The molecule has 0 aromatic heterocycles. The zero-order valence-corrected chi connectivity index (χ0v) is 14.6. The van der Waals surface area contributed by atoms with Gasteiger partial charge in [0, 0.05) is 31.6 Å². The number of nitrogens with zero attached hydrogens (tertiary/aromatic N) is 1. The molecule has 2 atom stereocenters. The van der Waals surface area contributed by atoms with Crippen molar-refractivity contribution in [1.82, 2.24) is 20.9 Å². The maximum Gasteiger partial charge on any atom is 0.276 e. The molecule has 9 heteroatoms. The van der Waals surface area contributed by atoms with Crippen LogP contribution in [-0.2, 0) is 22.7 Å². The van der Waals surface area contributed by atoms with Crippen molar-refractivity contribution in [1.29, 1.82) is 0 Å². The summed E-state index contributed by atoms with van der Waals surface area (Å²) in [6.07, 6.45) is 0.479. The standard InChI is InChI=1S/C18H20F2N4O3/c19-18(20)9-21-7-14(18)22-6-10-2-1-3-11-12(10)8-24(17(11)27)13-4-5-15(25)23-16(13)26/h1-3,13-14,21-22H,4-9H2,(H,23,25,26)/t13?,14-/m1/s1. The fourth-order valence-corrected chi connectivity index (χ4v) is 3.93. The molecule has 2 saturated heterocycles. The largest absolute Gasteiger partial charge is 0.322 e. The Kier molecular flexibility index (Phi) is 4.43. The summed E-state index contributed by atoms with van der Waals surface area (Å²) in [5.74, 6) is -3.89. The summed E-state index contributed by atoms with van der Waals surface area (Å²) >= 11 is 0. The lowest BCUT2D eigenvalue weighted by Crippen LogP contribution is -2.52. The van der Waals surface area contributed by atoms with E-state index in [1.807, 2.05) is 0 Å². The third-order valence-corrected chi connectivity index (χ3v) is 5.44. The number of amides is 3. The number of carbonyl (C=O) groups excluding carboxylic acids is 3. The second-order valence-electron chi connectivity index (χ2n) is 7.17. The molecule has 3 aliphatic rings. The van der Waals surface area contributed by atoms with Crippen LogP contribution in [0.2, 0.25) is 0 Å². The first kappa shape index (κ1) is 18.0. The Balaban J connectivity index is 1.51. The number of imide groups is 1. The second kappa shape index (κ2) is 6.65. The Bertz CT molecular complexity index is 814. The van der Waals surface area contributed by atoms with E-state index in [-0.39, 0.29) is 50.8 Å². The van der Waals surface area contributed by atoms with E-state index in [2.05, 4.69) is 16.0 Å². The first-order chi connectivity index (χ1) is 12.9. The molecule has 0 bridgehead atoms. The smallest absolute Gasteiger partial charge is 0.276 e. The molecule has 0 radical (unpaired) electrons. The Morgan fingerprint density at radius 3 is 2.78 bits per heavy atom. The molecule has 7 nitrogen and oxygen atoms in total. The third-order valence-electron chi connectivity index (χ3n) is 5.44. The van der Waals surface area contributed by atoms with Gasteiger partial charge in [-0.1, -0.05) is 12.1 Å². The van der Waals surface area contributed by atoms with Crippen LogP contribution in [0.25, 0.3) is 0 Å². The van der Waals surface area contributed by atoms with Crippen molar-refractivity contribution in [3.8, 4) is 0 Å². The molecule has 0 saturated carbocycles. The van der Waals surface area contributed by atoms with Crippen LogP contribution in [0.1, 0.15) is 34.3 Å². The molecule has 3 amide bonds. The van der Waals surface area contributed by atoms with Crippen LogP contribution < -0.4 is 16.0 Å². The second-order valence-corrected chi connectivity index (χ2v) is 7.17. The van der Waals surface area contributed by atoms with Crippen molar-refractivity contribution in [2.75, 3.05) is 13.1 Å². The topological polar surface area (TPSA) is 90.5 Å². The Morgan fingerprint density at radius 2 is 2.07 bits per heavy atom. The van der Waals surface area contributed by atoms with Crippen molar-refractivity contribution < 1.29 is 23.2 Å². The molecular weight excluding hydrogens is 358 g/mol. The number of piperidine rings is 1. The van der Waals surface area contributed by atoms with Crippen LogP contribution in [-0.4, -0.2) is 53.7 Å². The number of nitrogens with one attached hydrogen (secondary N) is 3. The molecule has 0 spiro atoms. The van der Waals surface area contributed by atoms with E-state index < -0.39 is 23.9 Å². The highest BCUT2D eigenvalue weighted by molar-refractivity contribution is 6.05. The minimum Gasteiger partial charge on any atom is -0.322 e. The predicted octanol–water partition coefficient (Wildman–Crippen LogP) is 0.144. The number of fused-ring (bicyclic) bond motifs is 1. The molecule has 3 aliphatic heterocycles. The summed E-state index contributed by atoms with van der Waals surface area (Å²) < 4.78 is 27.5. The summed E-state index contributed by atoms with van der Waals surface area (Å²) in [6, 6.07) is 3.54. The van der Waals surface area contributed by atoms with Crippen LogP contribution in [0.15, 0.2) is 18.2 Å². The van der Waals surface area contributed by atoms with Gasteiger partial charge < -0.3 is 15.5 Å². The Labute approximate surface area is 154 Å². The maximum atomic E-state index is 13.8. The molecule has 3 N–H and O–H groups in total. The van der Waals surface area contributed by atoms with E-state index in [9.17, 15) is 23.2 Å². The minimum atomic E-state index is -2.81. The van der Waals surface area contributed by atoms with Gasteiger partial charge in [-0.15, -0.1) is 0 Å². The molecule has 2 fully saturated rings. The Hall–Kier alpha value is -2.39. The van der Waals surface area contributed by atoms with Gasteiger partial charge in [0.05, 0.1) is 12.6 Å². The lowest BCUT2D eigenvalue weighted by Gasteiger charge is -2.29. The lowest BCUT2D eigenvalue weighted by molar-refractivity contribution is -0.136. The number of benzene rings is 1. The normalized spacial score (nSPS) is 27.0. The van der Waals surface area contributed by atoms with Gasteiger partial charge in [0.25, 0.3) is 11.8 Å². The molecule has 27 heavy (non-hydrogen) atoms.